The van der Waals surface area contributed by atoms with Crippen LogP contribution in [0.4, 0.5) is 0 Å². The van der Waals surface area contributed by atoms with Crippen molar-refractivity contribution in [3.63, 3.8) is 0 Å². The van der Waals surface area contributed by atoms with E-state index in [0.717, 1.165) is 12.8 Å². The van der Waals surface area contributed by atoms with Crippen LogP contribution in [0, 0.1) is 0 Å². The molecule has 0 spiro atoms. The predicted octanol–water partition coefficient (Wildman–Crippen LogP) is 2.19. The smallest absolute Gasteiger partial charge is 0.303 e. The van der Waals surface area contributed by atoms with E-state index in [9.17, 15) is 9.59 Å². The fraction of sp³-hybridized carbons (Fsp3) is 0.867. The van der Waals surface area contributed by atoms with Gasteiger partial charge in [0.25, 0.3) is 0 Å². The summed E-state index contributed by atoms with van der Waals surface area (Å²) in [6.07, 6.45) is 0.989. The lowest BCUT2D eigenvalue weighted by Crippen LogP contribution is -2.55. The van der Waals surface area contributed by atoms with Crippen LogP contribution in [0.5, 0.6) is 0 Å². The lowest BCUT2D eigenvalue weighted by atomic mass is 10.0. The molecule has 6 nitrogen and oxygen atoms in total. The van der Waals surface area contributed by atoms with Crippen molar-refractivity contribution >= 4 is 11.9 Å². The lowest BCUT2D eigenvalue weighted by Gasteiger charge is -2.43. The number of carbonyl (C=O) groups excluding carboxylic acids is 2. The van der Waals surface area contributed by atoms with Gasteiger partial charge >= 0.3 is 11.9 Å². The van der Waals surface area contributed by atoms with E-state index in [1.807, 2.05) is 0 Å². The highest BCUT2D eigenvalue weighted by Gasteiger charge is 2.43. The van der Waals surface area contributed by atoms with Crippen molar-refractivity contribution in [3.05, 3.63) is 0 Å². The third kappa shape index (κ3) is 6.01. The van der Waals surface area contributed by atoms with Crippen LogP contribution in [-0.2, 0) is 28.5 Å². The highest BCUT2D eigenvalue weighted by atomic mass is 16.7. The summed E-state index contributed by atoms with van der Waals surface area (Å²) in [6.45, 7) is 8.56. The van der Waals surface area contributed by atoms with Gasteiger partial charge < -0.3 is 18.9 Å². The van der Waals surface area contributed by atoms with Crippen LogP contribution in [0.25, 0.3) is 0 Å². The van der Waals surface area contributed by atoms with E-state index in [2.05, 4.69) is 6.92 Å². The highest BCUT2D eigenvalue weighted by molar-refractivity contribution is 5.66. The second-order valence-electron chi connectivity index (χ2n) is 5.73. The number of rotatable bonds is 6. The summed E-state index contributed by atoms with van der Waals surface area (Å²) < 4.78 is 22.0. The Balaban J connectivity index is 2.88. The predicted molar refractivity (Wildman–Crippen MR) is 75.5 cm³/mol. The Kier molecular flexibility index (Phi) is 6.61. The molecule has 0 amide bonds. The molecule has 21 heavy (non-hydrogen) atoms. The molecule has 1 saturated heterocycles. The maximum absolute atomic E-state index is 11.3. The second kappa shape index (κ2) is 7.75. The molecule has 0 unspecified atom stereocenters. The van der Waals surface area contributed by atoms with E-state index in [0.29, 0.717) is 6.42 Å². The van der Waals surface area contributed by atoms with Crippen molar-refractivity contribution in [3.8, 4) is 0 Å². The average molecular weight is 302 g/mol. The van der Waals surface area contributed by atoms with Gasteiger partial charge in [0.1, 0.15) is 12.2 Å². The molecule has 0 aromatic carbocycles. The van der Waals surface area contributed by atoms with Gasteiger partial charge in [0.05, 0.1) is 6.61 Å². The lowest BCUT2D eigenvalue weighted by molar-refractivity contribution is -0.321. The summed E-state index contributed by atoms with van der Waals surface area (Å²) in [5.74, 6) is -1.58. The molecule has 1 aliphatic heterocycles. The Morgan fingerprint density at radius 2 is 1.95 bits per heavy atom. The second-order valence-corrected chi connectivity index (χ2v) is 5.73. The number of carbonyl (C=O) groups is 2. The first-order chi connectivity index (χ1) is 9.75. The summed E-state index contributed by atoms with van der Waals surface area (Å²) >= 11 is 0. The van der Waals surface area contributed by atoms with Gasteiger partial charge in [-0.05, 0) is 26.7 Å². The molecule has 0 saturated carbocycles. The topological polar surface area (TPSA) is 71.1 Å². The molecule has 1 aliphatic rings. The van der Waals surface area contributed by atoms with Crippen LogP contribution in [0.3, 0.4) is 0 Å². The van der Waals surface area contributed by atoms with Crippen molar-refractivity contribution in [2.75, 3.05) is 6.61 Å². The van der Waals surface area contributed by atoms with E-state index in [1.54, 1.807) is 13.8 Å². The zero-order chi connectivity index (χ0) is 16.0. The quantitative estimate of drug-likeness (QED) is 0.700. The minimum atomic E-state index is -0.800. The Labute approximate surface area is 126 Å². The van der Waals surface area contributed by atoms with Crippen molar-refractivity contribution in [1.82, 2.24) is 0 Å². The SMILES string of the molecule is CCCC[C@H](OC(C)=O)[C@H]1OC(C)(C)OC[C@H]1OC(C)=O. The van der Waals surface area contributed by atoms with Crippen LogP contribution >= 0.6 is 0 Å². The van der Waals surface area contributed by atoms with Gasteiger partial charge in [0.2, 0.25) is 0 Å². The Hall–Kier alpha value is -1.14. The first-order valence-corrected chi connectivity index (χ1v) is 7.41. The molecule has 122 valence electrons. The summed E-state index contributed by atoms with van der Waals surface area (Å²) in [7, 11) is 0. The fourth-order valence-electron chi connectivity index (χ4n) is 2.35. The van der Waals surface area contributed by atoms with E-state index < -0.39 is 30.1 Å². The fourth-order valence-corrected chi connectivity index (χ4v) is 2.35. The molecule has 1 fully saturated rings. The summed E-state index contributed by atoms with van der Waals surface area (Å²) in [6, 6.07) is 0. The molecule has 6 heteroatoms. The molecule has 1 rings (SSSR count). The van der Waals surface area contributed by atoms with Gasteiger partial charge in [0, 0.05) is 13.8 Å². The van der Waals surface area contributed by atoms with Gasteiger partial charge in [-0.25, -0.2) is 0 Å². The van der Waals surface area contributed by atoms with Gasteiger partial charge in [-0.2, -0.15) is 0 Å². The minimum Gasteiger partial charge on any atom is -0.460 e. The van der Waals surface area contributed by atoms with Gasteiger partial charge in [0.15, 0.2) is 11.9 Å². The van der Waals surface area contributed by atoms with Crippen LogP contribution < -0.4 is 0 Å². The Morgan fingerprint density at radius 3 is 2.48 bits per heavy atom. The molecule has 0 aromatic rings. The highest BCUT2D eigenvalue weighted by Crippen LogP contribution is 2.29. The van der Waals surface area contributed by atoms with Gasteiger partial charge in [-0.15, -0.1) is 0 Å². The first kappa shape index (κ1) is 17.9. The van der Waals surface area contributed by atoms with Crippen molar-refractivity contribution in [1.29, 1.82) is 0 Å². The number of esters is 2. The van der Waals surface area contributed by atoms with Gasteiger partial charge in [-0.3, -0.25) is 9.59 Å². The number of unbranched alkanes of at least 4 members (excludes halogenated alkanes) is 1. The van der Waals surface area contributed by atoms with Crippen LogP contribution in [-0.4, -0.2) is 42.6 Å². The largest absolute Gasteiger partial charge is 0.460 e. The third-order valence-electron chi connectivity index (χ3n) is 3.22. The number of ether oxygens (including phenoxy) is 4. The summed E-state index contributed by atoms with van der Waals surface area (Å²) in [4.78, 5) is 22.6. The van der Waals surface area contributed by atoms with Crippen LogP contribution in [0.1, 0.15) is 53.9 Å². The summed E-state index contributed by atoms with van der Waals surface area (Å²) in [5.41, 5.74) is 0. The molecular weight excluding hydrogens is 276 g/mol. The van der Waals surface area contributed by atoms with E-state index >= 15 is 0 Å². The van der Waals surface area contributed by atoms with Crippen molar-refractivity contribution in [2.24, 2.45) is 0 Å². The van der Waals surface area contributed by atoms with E-state index in [1.165, 1.54) is 13.8 Å². The average Bonchev–Trinajstić information content (AvgIpc) is 2.35. The molecule has 0 aromatic heterocycles. The molecule has 0 aliphatic carbocycles. The molecule has 1 heterocycles. The van der Waals surface area contributed by atoms with Crippen LogP contribution in [0.15, 0.2) is 0 Å². The number of hydrogen-bond acceptors (Lipinski definition) is 6. The molecule has 0 radical (unpaired) electrons. The van der Waals surface area contributed by atoms with E-state index in [4.69, 9.17) is 18.9 Å². The molecule has 3 atom stereocenters. The maximum Gasteiger partial charge on any atom is 0.303 e. The zero-order valence-corrected chi connectivity index (χ0v) is 13.5. The zero-order valence-electron chi connectivity index (χ0n) is 13.5. The molecule has 0 N–H and O–H groups in total. The summed E-state index contributed by atoms with van der Waals surface area (Å²) in [5, 5.41) is 0. The van der Waals surface area contributed by atoms with Gasteiger partial charge in [-0.1, -0.05) is 13.3 Å². The number of hydrogen-bond donors (Lipinski definition) is 0. The Morgan fingerprint density at radius 1 is 1.29 bits per heavy atom. The maximum atomic E-state index is 11.3. The van der Waals surface area contributed by atoms with E-state index in [-0.39, 0.29) is 12.6 Å². The van der Waals surface area contributed by atoms with Crippen molar-refractivity contribution in [2.45, 2.75) is 78.0 Å². The minimum absolute atomic E-state index is 0.223. The van der Waals surface area contributed by atoms with Crippen LogP contribution in [0.2, 0.25) is 0 Å². The standard InChI is InChI=1S/C15H26O6/c1-6-7-8-12(19-10(2)16)14-13(20-11(3)17)9-18-15(4,5)21-14/h12-14H,6-9H2,1-5H3/t12-,13+,14+/m0/s1. The third-order valence-corrected chi connectivity index (χ3v) is 3.22. The normalized spacial score (nSPS) is 26.0. The van der Waals surface area contributed by atoms with Crippen molar-refractivity contribution < 1.29 is 28.5 Å². The first-order valence-electron chi connectivity index (χ1n) is 7.41. The Bertz CT molecular complexity index is 365. The monoisotopic (exact) mass is 302 g/mol. The molecule has 0 bridgehead atoms. The molecular formula is C15H26O6.